The van der Waals surface area contributed by atoms with Crippen LogP contribution in [0.5, 0.6) is 0 Å². The first-order chi connectivity index (χ1) is 9.91. The van der Waals surface area contributed by atoms with E-state index in [1.165, 1.54) is 57.8 Å². The maximum absolute atomic E-state index is 6.88. The van der Waals surface area contributed by atoms with Gasteiger partial charge >= 0.3 is 0 Å². The quantitative estimate of drug-likeness (QED) is 0.848. The van der Waals surface area contributed by atoms with Crippen molar-refractivity contribution in [2.75, 3.05) is 13.2 Å². The molecule has 120 valence electrons. The molecule has 2 heteroatoms. The van der Waals surface area contributed by atoms with Gasteiger partial charge in [-0.2, -0.15) is 0 Å². The predicted molar refractivity (Wildman–Crippen MR) is 86.0 cm³/mol. The Balaban J connectivity index is 1.53. The third-order valence-electron chi connectivity index (χ3n) is 7.38. The molecule has 4 saturated carbocycles. The van der Waals surface area contributed by atoms with Crippen molar-refractivity contribution in [2.24, 2.45) is 33.8 Å². The zero-order valence-electron chi connectivity index (χ0n) is 14.0. The van der Waals surface area contributed by atoms with E-state index in [1.807, 2.05) is 0 Å². The van der Waals surface area contributed by atoms with Crippen molar-refractivity contribution in [1.29, 1.82) is 0 Å². The molecule has 2 N–H and O–H groups in total. The first-order valence-electron chi connectivity index (χ1n) is 9.24. The molecular formula is C19H33NO. The van der Waals surface area contributed by atoms with Crippen LogP contribution in [-0.4, -0.2) is 19.3 Å². The van der Waals surface area contributed by atoms with Gasteiger partial charge in [0, 0.05) is 19.3 Å². The predicted octanol–water partition coefficient (Wildman–Crippen LogP) is 4.13. The average Bonchev–Trinajstić information content (AvgIpc) is 2.35. The van der Waals surface area contributed by atoms with Crippen LogP contribution in [0.1, 0.15) is 71.6 Å². The summed E-state index contributed by atoms with van der Waals surface area (Å²) in [6, 6.07) is 0.433. The van der Waals surface area contributed by atoms with E-state index in [1.54, 1.807) is 0 Å². The van der Waals surface area contributed by atoms with Crippen LogP contribution in [0.3, 0.4) is 0 Å². The van der Waals surface area contributed by atoms with Gasteiger partial charge in [0.15, 0.2) is 0 Å². The van der Waals surface area contributed by atoms with Gasteiger partial charge < -0.3 is 10.5 Å². The van der Waals surface area contributed by atoms with Gasteiger partial charge in [-0.1, -0.05) is 13.8 Å². The Morgan fingerprint density at radius 3 is 2.19 bits per heavy atom. The average molecular weight is 291 g/mol. The molecule has 0 spiro atoms. The van der Waals surface area contributed by atoms with Crippen LogP contribution in [0.2, 0.25) is 0 Å². The van der Waals surface area contributed by atoms with Crippen LogP contribution in [0, 0.1) is 28.1 Å². The highest BCUT2D eigenvalue weighted by molar-refractivity contribution is 5.13. The molecule has 0 radical (unpaired) electrons. The van der Waals surface area contributed by atoms with Crippen LogP contribution >= 0.6 is 0 Å². The molecule has 1 aliphatic heterocycles. The lowest BCUT2D eigenvalue weighted by Gasteiger charge is -2.67. The highest BCUT2D eigenvalue weighted by Gasteiger charge is 2.61. The molecule has 5 rings (SSSR count). The molecule has 0 aromatic heterocycles. The molecule has 2 nitrogen and oxygen atoms in total. The second-order valence-corrected chi connectivity index (χ2v) is 9.89. The van der Waals surface area contributed by atoms with E-state index in [4.69, 9.17) is 10.5 Å². The van der Waals surface area contributed by atoms with Gasteiger partial charge in [-0.15, -0.1) is 0 Å². The van der Waals surface area contributed by atoms with Crippen molar-refractivity contribution in [1.82, 2.24) is 0 Å². The topological polar surface area (TPSA) is 35.2 Å². The Bertz CT molecular complexity index is 396. The van der Waals surface area contributed by atoms with Gasteiger partial charge in [0.05, 0.1) is 0 Å². The Morgan fingerprint density at radius 2 is 1.62 bits per heavy atom. The van der Waals surface area contributed by atoms with Crippen LogP contribution in [0.4, 0.5) is 0 Å². The van der Waals surface area contributed by atoms with Crippen LogP contribution in [0.15, 0.2) is 0 Å². The molecule has 3 unspecified atom stereocenters. The van der Waals surface area contributed by atoms with Crippen molar-refractivity contribution in [2.45, 2.75) is 77.7 Å². The largest absolute Gasteiger partial charge is 0.381 e. The summed E-state index contributed by atoms with van der Waals surface area (Å²) in [6.45, 7) is 7.04. The van der Waals surface area contributed by atoms with Gasteiger partial charge in [0.25, 0.3) is 0 Å². The van der Waals surface area contributed by atoms with E-state index in [0.717, 1.165) is 25.0 Å². The summed E-state index contributed by atoms with van der Waals surface area (Å²) in [5.74, 6) is 1.79. The minimum absolute atomic E-state index is 0.433. The second kappa shape index (κ2) is 4.71. The zero-order chi connectivity index (χ0) is 14.7. The molecule has 21 heavy (non-hydrogen) atoms. The molecule has 4 bridgehead atoms. The van der Waals surface area contributed by atoms with E-state index in [-0.39, 0.29) is 0 Å². The lowest BCUT2D eigenvalue weighted by Crippen LogP contribution is -2.60. The summed E-state index contributed by atoms with van der Waals surface area (Å²) in [5.41, 5.74) is 8.55. The minimum Gasteiger partial charge on any atom is -0.381 e. The normalized spacial score (nSPS) is 51.3. The summed E-state index contributed by atoms with van der Waals surface area (Å²) in [4.78, 5) is 0. The fourth-order valence-corrected chi connectivity index (χ4v) is 7.54. The SMILES string of the molecule is CC12CC3CC(C)(C1)CC(C(N)CC1CCOCC1)(C3)C2. The van der Waals surface area contributed by atoms with E-state index in [9.17, 15) is 0 Å². The number of hydrogen-bond donors (Lipinski definition) is 1. The first kappa shape index (κ1) is 14.5. The van der Waals surface area contributed by atoms with Crippen molar-refractivity contribution < 1.29 is 4.74 Å². The molecule has 0 aromatic carbocycles. The molecule has 5 fully saturated rings. The number of hydrogen-bond acceptors (Lipinski definition) is 2. The number of ether oxygens (including phenoxy) is 1. The highest BCUT2D eigenvalue weighted by atomic mass is 16.5. The lowest BCUT2D eigenvalue weighted by molar-refractivity contribution is -0.156. The Labute approximate surface area is 130 Å². The maximum atomic E-state index is 6.88. The highest BCUT2D eigenvalue weighted by Crippen LogP contribution is 2.70. The molecule has 1 heterocycles. The zero-order valence-corrected chi connectivity index (χ0v) is 14.0. The van der Waals surface area contributed by atoms with E-state index < -0.39 is 0 Å². The fraction of sp³-hybridized carbons (Fsp3) is 1.00. The summed E-state index contributed by atoms with van der Waals surface area (Å²) in [6.07, 6.45) is 12.4. The summed E-state index contributed by atoms with van der Waals surface area (Å²) >= 11 is 0. The van der Waals surface area contributed by atoms with E-state index in [2.05, 4.69) is 13.8 Å². The summed E-state index contributed by atoms with van der Waals surface area (Å²) in [5, 5.41) is 0. The van der Waals surface area contributed by atoms with Crippen molar-refractivity contribution >= 4 is 0 Å². The van der Waals surface area contributed by atoms with Crippen molar-refractivity contribution in [3.63, 3.8) is 0 Å². The van der Waals surface area contributed by atoms with Crippen LogP contribution < -0.4 is 5.73 Å². The van der Waals surface area contributed by atoms with Crippen LogP contribution in [0.25, 0.3) is 0 Å². The third kappa shape index (κ3) is 2.47. The molecule has 0 aromatic rings. The van der Waals surface area contributed by atoms with Gasteiger partial charge in [0.1, 0.15) is 0 Å². The molecular weight excluding hydrogens is 258 g/mol. The van der Waals surface area contributed by atoms with Crippen molar-refractivity contribution in [3.05, 3.63) is 0 Å². The minimum atomic E-state index is 0.433. The van der Waals surface area contributed by atoms with E-state index in [0.29, 0.717) is 22.3 Å². The Kier molecular flexibility index (Phi) is 3.25. The van der Waals surface area contributed by atoms with Gasteiger partial charge in [-0.05, 0) is 85.9 Å². The summed E-state index contributed by atoms with van der Waals surface area (Å²) < 4.78 is 5.52. The van der Waals surface area contributed by atoms with Crippen LogP contribution in [-0.2, 0) is 4.74 Å². The Morgan fingerprint density at radius 1 is 1.00 bits per heavy atom. The number of rotatable bonds is 3. The second-order valence-electron chi connectivity index (χ2n) is 9.89. The fourth-order valence-electron chi connectivity index (χ4n) is 7.54. The van der Waals surface area contributed by atoms with Crippen molar-refractivity contribution in [3.8, 4) is 0 Å². The maximum Gasteiger partial charge on any atom is 0.0468 e. The third-order valence-corrected chi connectivity index (χ3v) is 7.38. The number of nitrogens with two attached hydrogens (primary N) is 1. The van der Waals surface area contributed by atoms with Gasteiger partial charge in [0.2, 0.25) is 0 Å². The molecule has 3 atom stereocenters. The first-order valence-corrected chi connectivity index (χ1v) is 9.24. The smallest absolute Gasteiger partial charge is 0.0468 e. The van der Waals surface area contributed by atoms with Gasteiger partial charge in [-0.25, -0.2) is 0 Å². The monoisotopic (exact) mass is 291 g/mol. The molecule has 0 amide bonds. The standard InChI is InChI=1S/C19H33NO/c1-17-8-15-9-18(2,11-17)13-19(10-15,12-17)16(20)7-14-3-5-21-6-4-14/h14-16H,3-13,20H2,1-2H3. The molecule has 5 aliphatic rings. The molecule has 4 aliphatic carbocycles. The molecule has 1 saturated heterocycles. The Hall–Kier alpha value is -0.0800. The summed E-state index contributed by atoms with van der Waals surface area (Å²) in [7, 11) is 0. The van der Waals surface area contributed by atoms with E-state index >= 15 is 0 Å². The lowest BCUT2D eigenvalue weighted by atomic mass is 9.39. The van der Waals surface area contributed by atoms with Gasteiger partial charge in [-0.3, -0.25) is 0 Å².